The van der Waals surface area contributed by atoms with E-state index < -0.39 is 17.6 Å². The summed E-state index contributed by atoms with van der Waals surface area (Å²) in [5.74, 6) is -1.80. The zero-order valence-electron chi connectivity index (χ0n) is 13.3. The van der Waals surface area contributed by atoms with Crippen LogP contribution in [0.15, 0.2) is 22.6 Å². The van der Waals surface area contributed by atoms with Gasteiger partial charge in [-0.05, 0) is 19.1 Å². The Morgan fingerprint density at radius 1 is 1.38 bits per heavy atom. The molecule has 0 saturated carbocycles. The topological polar surface area (TPSA) is 68.5 Å². The third-order valence-corrected chi connectivity index (χ3v) is 3.97. The number of ether oxygens (including phenoxy) is 1. The van der Waals surface area contributed by atoms with Gasteiger partial charge in [-0.25, -0.2) is 8.78 Å². The average Bonchev–Trinajstić information content (AvgIpc) is 2.90. The van der Waals surface area contributed by atoms with Gasteiger partial charge < -0.3 is 14.1 Å². The Hall–Kier alpha value is -2.35. The SMILES string of the molecule is Cc1nnc(COC2CN(C(=O)C(C)c3c(F)cccc3F)C2)o1. The monoisotopic (exact) mass is 337 g/mol. The first kappa shape index (κ1) is 16.5. The maximum absolute atomic E-state index is 13.8. The number of nitrogens with zero attached hydrogens (tertiary/aromatic N) is 3. The first-order valence-electron chi connectivity index (χ1n) is 7.59. The number of rotatable bonds is 5. The summed E-state index contributed by atoms with van der Waals surface area (Å²) in [6.07, 6.45) is -0.154. The molecule has 0 spiro atoms. The Labute approximate surface area is 137 Å². The quantitative estimate of drug-likeness (QED) is 0.836. The largest absolute Gasteiger partial charge is 0.423 e. The van der Waals surface area contributed by atoms with Gasteiger partial charge in [-0.15, -0.1) is 10.2 Å². The maximum atomic E-state index is 13.8. The van der Waals surface area contributed by atoms with Crippen LogP contribution in [0.2, 0.25) is 0 Å². The van der Waals surface area contributed by atoms with Crippen molar-refractivity contribution in [3.05, 3.63) is 47.2 Å². The van der Waals surface area contributed by atoms with Gasteiger partial charge in [-0.2, -0.15) is 0 Å². The molecule has 3 rings (SSSR count). The highest BCUT2D eigenvalue weighted by molar-refractivity contribution is 5.84. The summed E-state index contributed by atoms with van der Waals surface area (Å²) in [5.41, 5.74) is -0.201. The van der Waals surface area contributed by atoms with Crippen molar-refractivity contribution < 1.29 is 22.7 Å². The number of hydrogen-bond acceptors (Lipinski definition) is 5. The molecule has 1 aliphatic rings. The van der Waals surface area contributed by atoms with Gasteiger partial charge in [0.2, 0.25) is 17.7 Å². The molecule has 0 aliphatic carbocycles. The minimum absolute atomic E-state index is 0.154. The van der Waals surface area contributed by atoms with Crippen LogP contribution in [0.4, 0.5) is 8.78 Å². The van der Waals surface area contributed by atoms with Crippen LogP contribution in [0.25, 0.3) is 0 Å². The molecule has 1 fully saturated rings. The van der Waals surface area contributed by atoms with E-state index in [0.717, 1.165) is 12.1 Å². The molecule has 0 N–H and O–H groups in total. The fourth-order valence-corrected chi connectivity index (χ4v) is 2.63. The zero-order valence-corrected chi connectivity index (χ0v) is 13.3. The van der Waals surface area contributed by atoms with Gasteiger partial charge >= 0.3 is 0 Å². The Morgan fingerprint density at radius 3 is 2.62 bits per heavy atom. The van der Waals surface area contributed by atoms with Crippen LogP contribution in [0.3, 0.4) is 0 Å². The minimum atomic E-state index is -0.884. The van der Waals surface area contributed by atoms with Crippen LogP contribution in [0, 0.1) is 18.6 Å². The summed E-state index contributed by atoms with van der Waals surface area (Å²) < 4.78 is 38.3. The van der Waals surface area contributed by atoms with E-state index in [-0.39, 0.29) is 24.2 Å². The van der Waals surface area contributed by atoms with Crippen LogP contribution in [-0.4, -0.2) is 40.2 Å². The fraction of sp³-hybridized carbons (Fsp3) is 0.438. The smallest absolute Gasteiger partial charge is 0.242 e. The first-order valence-corrected chi connectivity index (χ1v) is 7.59. The summed E-state index contributed by atoms with van der Waals surface area (Å²) in [6, 6.07) is 3.57. The maximum Gasteiger partial charge on any atom is 0.242 e. The van der Waals surface area contributed by atoms with Crippen molar-refractivity contribution in [2.45, 2.75) is 32.5 Å². The van der Waals surface area contributed by atoms with E-state index in [4.69, 9.17) is 9.15 Å². The Morgan fingerprint density at radius 2 is 2.04 bits per heavy atom. The molecule has 2 heterocycles. The molecule has 2 aromatic rings. The molecule has 0 radical (unpaired) electrons. The third kappa shape index (κ3) is 3.28. The number of carbonyl (C=O) groups is 1. The highest BCUT2D eigenvalue weighted by Crippen LogP contribution is 2.26. The molecule has 1 saturated heterocycles. The summed E-state index contributed by atoms with van der Waals surface area (Å²) in [6.45, 7) is 4.09. The zero-order chi connectivity index (χ0) is 17.3. The number of hydrogen-bond donors (Lipinski definition) is 0. The molecule has 1 aliphatic heterocycles. The second-order valence-corrected chi connectivity index (χ2v) is 5.75. The van der Waals surface area contributed by atoms with E-state index in [1.807, 2.05) is 0 Å². The number of benzene rings is 1. The van der Waals surface area contributed by atoms with Crippen LogP contribution >= 0.6 is 0 Å². The molecular formula is C16H17F2N3O3. The van der Waals surface area contributed by atoms with Crippen molar-refractivity contribution >= 4 is 5.91 Å². The summed E-state index contributed by atoms with van der Waals surface area (Å²) >= 11 is 0. The van der Waals surface area contributed by atoms with E-state index in [1.54, 1.807) is 6.92 Å². The van der Waals surface area contributed by atoms with Crippen LogP contribution in [0.5, 0.6) is 0 Å². The number of carbonyl (C=O) groups excluding carboxylic acids is 1. The molecule has 1 aromatic heterocycles. The van der Waals surface area contributed by atoms with Crippen LogP contribution in [0.1, 0.15) is 30.2 Å². The third-order valence-electron chi connectivity index (χ3n) is 3.97. The van der Waals surface area contributed by atoms with Crippen LogP contribution in [-0.2, 0) is 16.1 Å². The van der Waals surface area contributed by atoms with Gasteiger partial charge in [-0.3, -0.25) is 4.79 Å². The average molecular weight is 337 g/mol. The lowest BCUT2D eigenvalue weighted by Crippen LogP contribution is -2.55. The molecule has 6 nitrogen and oxygen atoms in total. The van der Waals surface area contributed by atoms with E-state index in [0.29, 0.717) is 24.9 Å². The summed E-state index contributed by atoms with van der Waals surface area (Å²) in [5, 5.41) is 7.50. The predicted molar refractivity (Wildman–Crippen MR) is 79.0 cm³/mol. The van der Waals surface area contributed by atoms with E-state index in [2.05, 4.69) is 10.2 Å². The lowest BCUT2D eigenvalue weighted by Gasteiger charge is -2.40. The van der Waals surface area contributed by atoms with Gasteiger partial charge in [0.05, 0.1) is 12.0 Å². The standard InChI is InChI=1S/C16H17F2N3O3/c1-9(15-12(17)4-3-5-13(15)18)16(22)21-6-11(7-21)23-8-14-20-19-10(2)24-14/h3-5,9,11H,6-8H2,1-2H3. The normalized spacial score (nSPS) is 16.1. The van der Waals surface area contributed by atoms with Crippen molar-refractivity contribution in [3.8, 4) is 0 Å². The second-order valence-electron chi connectivity index (χ2n) is 5.75. The fourth-order valence-electron chi connectivity index (χ4n) is 2.63. The highest BCUT2D eigenvalue weighted by Gasteiger charge is 2.35. The van der Waals surface area contributed by atoms with Crippen molar-refractivity contribution in [1.82, 2.24) is 15.1 Å². The molecule has 128 valence electrons. The Bertz CT molecular complexity index is 724. The molecule has 24 heavy (non-hydrogen) atoms. The van der Waals surface area contributed by atoms with E-state index in [1.165, 1.54) is 17.9 Å². The summed E-state index contributed by atoms with van der Waals surface area (Å²) in [4.78, 5) is 13.9. The van der Waals surface area contributed by atoms with Gasteiger partial charge in [-0.1, -0.05) is 6.07 Å². The van der Waals surface area contributed by atoms with Crippen molar-refractivity contribution in [1.29, 1.82) is 0 Å². The Balaban J connectivity index is 1.52. The second kappa shape index (κ2) is 6.64. The van der Waals surface area contributed by atoms with Crippen molar-refractivity contribution in [2.75, 3.05) is 13.1 Å². The van der Waals surface area contributed by atoms with Crippen molar-refractivity contribution in [2.24, 2.45) is 0 Å². The molecular weight excluding hydrogens is 320 g/mol. The van der Waals surface area contributed by atoms with E-state index in [9.17, 15) is 13.6 Å². The number of amides is 1. The van der Waals surface area contributed by atoms with Crippen molar-refractivity contribution in [3.63, 3.8) is 0 Å². The number of likely N-dealkylation sites (tertiary alicyclic amines) is 1. The summed E-state index contributed by atoms with van der Waals surface area (Å²) in [7, 11) is 0. The lowest BCUT2D eigenvalue weighted by molar-refractivity contribution is -0.147. The van der Waals surface area contributed by atoms with Crippen LogP contribution < -0.4 is 0 Å². The molecule has 1 amide bonds. The lowest BCUT2D eigenvalue weighted by atomic mass is 9.96. The van der Waals surface area contributed by atoms with Gasteiger partial charge in [0.1, 0.15) is 18.2 Å². The first-order chi connectivity index (χ1) is 11.5. The molecule has 1 aromatic carbocycles. The highest BCUT2D eigenvalue weighted by atomic mass is 19.1. The number of aryl methyl sites for hydroxylation is 1. The Kier molecular flexibility index (Phi) is 4.57. The number of halogens is 2. The molecule has 0 bridgehead atoms. The predicted octanol–water partition coefficient (Wildman–Crippen LogP) is 2.19. The minimum Gasteiger partial charge on any atom is -0.423 e. The number of aromatic nitrogens is 2. The molecule has 1 unspecified atom stereocenters. The van der Waals surface area contributed by atoms with Gasteiger partial charge in [0, 0.05) is 25.6 Å². The molecule has 8 heteroatoms. The molecule has 1 atom stereocenters. The van der Waals surface area contributed by atoms with Gasteiger partial charge in [0.25, 0.3) is 0 Å². The van der Waals surface area contributed by atoms with Gasteiger partial charge in [0.15, 0.2) is 0 Å². The van der Waals surface area contributed by atoms with E-state index >= 15 is 0 Å².